The molecule has 0 radical (unpaired) electrons. The van der Waals surface area contributed by atoms with Crippen molar-refractivity contribution in [3.05, 3.63) is 63.8 Å². The lowest BCUT2D eigenvalue weighted by atomic mass is 10.2. The molecule has 0 aliphatic heterocycles. The average Bonchev–Trinajstić information content (AvgIpc) is 3.27. The van der Waals surface area contributed by atoms with E-state index in [1.165, 1.54) is 22.2 Å². The number of nitrogens with zero attached hydrogens (tertiary/aromatic N) is 5. The lowest BCUT2D eigenvalue weighted by molar-refractivity contribution is 0.400. The first-order valence-electron chi connectivity index (χ1n) is 8.47. The topological polar surface area (TPSA) is 82.0 Å². The van der Waals surface area contributed by atoms with Crippen LogP contribution in [0.15, 0.2) is 53.2 Å². The van der Waals surface area contributed by atoms with Crippen LogP contribution in [-0.4, -0.2) is 40.0 Å². The van der Waals surface area contributed by atoms with Crippen LogP contribution in [-0.2, 0) is 13.1 Å². The van der Waals surface area contributed by atoms with E-state index in [1.807, 2.05) is 43.3 Å². The highest BCUT2D eigenvalue weighted by Crippen LogP contribution is 2.28. The largest absolute Gasteiger partial charge is 0.363 e. The van der Waals surface area contributed by atoms with Gasteiger partial charge in [-0.3, -0.25) is 4.57 Å². The third-order valence-corrected chi connectivity index (χ3v) is 5.25. The van der Waals surface area contributed by atoms with Crippen LogP contribution in [0.1, 0.15) is 4.88 Å². The fourth-order valence-electron chi connectivity index (χ4n) is 2.55. The fourth-order valence-corrected chi connectivity index (χ4v) is 3.55. The van der Waals surface area contributed by atoms with Crippen LogP contribution in [0.5, 0.6) is 0 Å². The van der Waals surface area contributed by atoms with Crippen molar-refractivity contribution < 1.29 is 8.78 Å². The van der Waals surface area contributed by atoms with Crippen molar-refractivity contribution in [2.45, 2.75) is 13.1 Å². The van der Waals surface area contributed by atoms with Gasteiger partial charge in [0.1, 0.15) is 12.1 Å². The molecule has 0 fully saturated rings. The third kappa shape index (κ3) is 4.34. The molecule has 2 N–H and O–H groups in total. The van der Waals surface area contributed by atoms with Gasteiger partial charge in [-0.2, -0.15) is 13.9 Å². The normalized spacial score (nSPS) is 10.9. The summed E-state index contributed by atoms with van der Waals surface area (Å²) in [5.74, 6) is 0.870. The van der Waals surface area contributed by atoms with Gasteiger partial charge in [0.15, 0.2) is 0 Å². The number of hydrogen-bond acceptors (Lipinski definition) is 6. The van der Waals surface area contributed by atoms with Gasteiger partial charge in [0.25, 0.3) is 6.08 Å². The number of hydrogen-bond donors (Lipinski definition) is 1. The molecule has 0 saturated carbocycles. The number of thiophene rings is 1. The summed E-state index contributed by atoms with van der Waals surface area (Å²) in [6, 6.07) is 7.83. The Morgan fingerprint density at radius 1 is 1.25 bits per heavy atom. The highest BCUT2D eigenvalue weighted by molar-refractivity contribution is 7.15. The van der Waals surface area contributed by atoms with Crippen molar-refractivity contribution in [3.8, 4) is 10.4 Å². The van der Waals surface area contributed by atoms with Crippen molar-refractivity contribution in [2.75, 3.05) is 25.5 Å². The minimum Gasteiger partial charge on any atom is -0.363 e. The molecule has 0 aromatic carbocycles. The second-order valence-corrected chi connectivity index (χ2v) is 7.50. The van der Waals surface area contributed by atoms with Crippen LogP contribution in [0.3, 0.4) is 0 Å². The van der Waals surface area contributed by atoms with Crippen LogP contribution in [0.4, 0.5) is 14.6 Å². The minimum absolute atomic E-state index is 0.306. The molecule has 3 rings (SSSR count). The molecular weight excluding hydrogens is 386 g/mol. The molecule has 0 unspecified atom stereocenters. The summed E-state index contributed by atoms with van der Waals surface area (Å²) < 4.78 is 27.9. The predicted molar refractivity (Wildman–Crippen MR) is 106 cm³/mol. The summed E-state index contributed by atoms with van der Waals surface area (Å²) in [7, 11) is 3.86. The summed E-state index contributed by atoms with van der Waals surface area (Å²) in [5.41, 5.74) is 5.51. The van der Waals surface area contributed by atoms with Gasteiger partial charge in [-0.05, 0) is 24.3 Å². The van der Waals surface area contributed by atoms with Crippen molar-refractivity contribution in [1.29, 1.82) is 0 Å². The van der Waals surface area contributed by atoms with Gasteiger partial charge < -0.3 is 10.6 Å². The monoisotopic (exact) mass is 406 g/mol. The lowest BCUT2D eigenvalue weighted by Gasteiger charge is -2.10. The van der Waals surface area contributed by atoms with Gasteiger partial charge in [-0.1, -0.05) is 0 Å². The van der Waals surface area contributed by atoms with E-state index in [0.717, 1.165) is 25.8 Å². The van der Waals surface area contributed by atoms with Crippen LogP contribution < -0.4 is 16.3 Å². The predicted octanol–water partition coefficient (Wildman–Crippen LogP) is 2.39. The summed E-state index contributed by atoms with van der Waals surface area (Å²) in [5, 5.41) is 3.91. The number of aromatic nitrogens is 4. The molecule has 0 amide bonds. The van der Waals surface area contributed by atoms with Crippen LogP contribution in [0.2, 0.25) is 0 Å². The molecule has 10 heteroatoms. The first-order valence-corrected chi connectivity index (χ1v) is 9.28. The Morgan fingerprint density at radius 3 is 2.64 bits per heavy atom. The molecule has 148 valence electrons. The highest BCUT2D eigenvalue weighted by atomic mass is 32.1. The number of anilines is 1. The zero-order valence-corrected chi connectivity index (χ0v) is 16.3. The van der Waals surface area contributed by atoms with E-state index < -0.39 is 11.8 Å². The minimum atomic E-state index is -1.87. The Kier molecular flexibility index (Phi) is 6.00. The summed E-state index contributed by atoms with van der Waals surface area (Å²) in [4.78, 5) is 20.7. The third-order valence-electron chi connectivity index (χ3n) is 4.13. The Balaban J connectivity index is 1.75. The van der Waals surface area contributed by atoms with Gasteiger partial charge >= 0.3 is 5.69 Å². The quantitative estimate of drug-likeness (QED) is 0.652. The molecule has 28 heavy (non-hydrogen) atoms. The van der Waals surface area contributed by atoms with Gasteiger partial charge in [-0.25, -0.2) is 14.5 Å². The van der Waals surface area contributed by atoms with Gasteiger partial charge in [0, 0.05) is 47.7 Å². The Bertz CT molecular complexity index is 1030. The zero-order valence-electron chi connectivity index (χ0n) is 15.5. The van der Waals surface area contributed by atoms with E-state index in [0.29, 0.717) is 6.54 Å². The smallest absolute Gasteiger partial charge is 0.346 e. The van der Waals surface area contributed by atoms with Gasteiger partial charge in [0.2, 0.25) is 0 Å². The first-order chi connectivity index (χ1) is 13.4. The van der Waals surface area contributed by atoms with E-state index in [-0.39, 0.29) is 18.7 Å². The van der Waals surface area contributed by atoms with E-state index in [1.54, 1.807) is 6.20 Å². The SMILES string of the molecule is CN(C)c1ccc(-c2ccc(Cn3cnn(CC(CN)=C(F)F)c3=O)s2)cn1. The summed E-state index contributed by atoms with van der Waals surface area (Å²) in [6.07, 6.45) is 1.28. The molecule has 0 atom stereocenters. The number of nitrogens with two attached hydrogens (primary N) is 1. The maximum atomic E-state index is 12.7. The van der Waals surface area contributed by atoms with Crippen molar-refractivity contribution >= 4 is 17.2 Å². The number of pyridine rings is 1. The summed E-state index contributed by atoms with van der Waals surface area (Å²) in [6.45, 7) is -0.326. The van der Waals surface area contributed by atoms with Gasteiger partial charge in [0.05, 0.1) is 13.1 Å². The molecule has 0 bridgehead atoms. The van der Waals surface area contributed by atoms with E-state index in [9.17, 15) is 13.6 Å². The average molecular weight is 406 g/mol. The molecule has 7 nitrogen and oxygen atoms in total. The second-order valence-electron chi connectivity index (χ2n) is 6.33. The molecule has 0 saturated heterocycles. The van der Waals surface area contributed by atoms with Crippen LogP contribution in [0, 0.1) is 0 Å². The molecule has 0 spiro atoms. The standard InChI is InChI=1S/C18H20F2N6OS/c1-24(2)16-6-3-12(8-22-16)15-5-4-14(28-15)10-25-11-23-26(18(25)27)9-13(7-21)17(19)20/h3-6,8,11H,7,9-10,21H2,1-2H3. The van der Waals surface area contributed by atoms with Crippen molar-refractivity contribution in [3.63, 3.8) is 0 Å². The lowest BCUT2D eigenvalue weighted by Crippen LogP contribution is -2.27. The Labute approximate surface area is 164 Å². The summed E-state index contributed by atoms with van der Waals surface area (Å²) >= 11 is 1.54. The maximum Gasteiger partial charge on any atom is 0.346 e. The first kappa shape index (κ1) is 19.9. The van der Waals surface area contributed by atoms with Gasteiger partial charge in [-0.15, -0.1) is 11.3 Å². The van der Waals surface area contributed by atoms with Crippen molar-refractivity contribution in [2.24, 2.45) is 5.73 Å². The zero-order chi connectivity index (χ0) is 20.3. The molecule has 3 heterocycles. The van der Waals surface area contributed by atoms with Crippen LogP contribution >= 0.6 is 11.3 Å². The molecule has 0 aliphatic carbocycles. The Hall–Kier alpha value is -2.85. The highest BCUT2D eigenvalue weighted by Gasteiger charge is 2.12. The molecular formula is C18H20F2N6OS. The van der Waals surface area contributed by atoms with Crippen LogP contribution in [0.25, 0.3) is 10.4 Å². The second kappa shape index (κ2) is 8.44. The molecule has 0 aliphatic rings. The van der Waals surface area contributed by atoms with E-state index in [2.05, 4.69) is 10.1 Å². The van der Waals surface area contributed by atoms with E-state index >= 15 is 0 Å². The fraction of sp³-hybridized carbons (Fsp3) is 0.278. The maximum absolute atomic E-state index is 12.7. The number of rotatable bonds is 7. The molecule has 3 aromatic rings. The van der Waals surface area contributed by atoms with Crippen molar-refractivity contribution in [1.82, 2.24) is 19.3 Å². The number of halogens is 2. The molecule has 3 aromatic heterocycles. The Morgan fingerprint density at radius 2 is 2.04 bits per heavy atom. The van der Waals surface area contributed by atoms with E-state index in [4.69, 9.17) is 5.73 Å².